The molecule has 1 heterocycles. The third kappa shape index (κ3) is 4.87. The van der Waals surface area contributed by atoms with Gasteiger partial charge in [0.05, 0.1) is 5.69 Å². The molecule has 0 aromatic heterocycles. The number of ether oxygens (including phenoxy) is 1. The number of urea groups is 1. The molecule has 3 N–H and O–H groups in total. The van der Waals surface area contributed by atoms with E-state index in [9.17, 15) is 17.8 Å². The summed E-state index contributed by atoms with van der Waals surface area (Å²) in [6.07, 6.45) is 1.49. The summed E-state index contributed by atoms with van der Waals surface area (Å²) >= 11 is -1.48. The number of anilines is 2. The fourth-order valence-electron chi connectivity index (χ4n) is 4.82. The number of benzene rings is 2. The van der Waals surface area contributed by atoms with Gasteiger partial charge in [-0.15, -0.1) is 0 Å². The fourth-order valence-corrected chi connectivity index (χ4v) is 5.62. The lowest BCUT2D eigenvalue weighted by atomic mass is 9.61. The van der Waals surface area contributed by atoms with Crippen molar-refractivity contribution in [2.45, 2.75) is 45.3 Å². The molecular weight excluding hydrogens is 450 g/mol. The predicted molar refractivity (Wildman–Crippen MR) is 124 cm³/mol. The smallest absolute Gasteiger partial charge is 0.387 e. The number of halogens is 2. The second-order valence-electron chi connectivity index (χ2n) is 9.02. The maximum atomic E-state index is 13.5. The quantitative estimate of drug-likeness (QED) is 0.616. The topological polar surface area (TPSA) is 87.9 Å². The first-order valence-electron chi connectivity index (χ1n) is 10.8. The number of carbonyl (C=O) groups is 1. The number of nitrogens with two attached hydrogens (primary N) is 1. The van der Waals surface area contributed by atoms with Gasteiger partial charge in [-0.1, -0.05) is 44.2 Å². The van der Waals surface area contributed by atoms with Gasteiger partial charge in [-0.05, 0) is 42.5 Å². The highest BCUT2D eigenvalue weighted by molar-refractivity contribution is 7.80. The van der Waals surface area contributed by atoms with E-state index in [-0.39, 0.29) is 28.8 Å². The molecule has 1 atom stereocenters. The lowest BCUT2D eigenvalue weighted by molar-refractivity contribution is -0.0493. The minimum Gasteiger partial charge on any atom is -0.433 e. The monoisotopic (exact) mass is 478 g/mol. The van der Waals surface area contributed by atoms with Gasteiger partial charge in [-0.2, -0.15) is 8.78 Å². The summed E-state index contributed by atoms with van der Waals surface area (Å²) in [6, 6.07) is 13.4. The first kappa shape index (κ1) is 23.6. The van der Waals surface area contributed by atoms with E-state index in [1.807, 2.05) is 24.3 Å². The van der Waals surface area contributed by atoms with E-state index in [1.165, 1.54) is 12.1 Å². The number of hydrogen-bond donors (Lipinski definition) is 2. The Morgan fingerprint density at radius 3 is 2.45 bits per heavy atom. The van der Waals surface area contributed by atoms with Crippen LogP contribution in [0.1, 0.15) is 38.2 Å². The molecule has 33 heavy (non-hydrogen) atoms. The molecule has 1 aliphatic carbocycles. The molecule has 2 amide bonds. The van der Waals surface area contributed by atoms with Crippen LogP contribution in [0.15, 0.2) is 48.5 Å². The van der Waals surface area contributed by atoms with Crippen LogP contribution in [0.2, 0.25) is 0 Å². The molecule has 0 radical (unpaired) electrons. The highest BCUT2D eigenvalue weighted by Gasteiger charge is 2.56. The van der Waals surface area contributed by atoms with Crippen molar-refractivity contribution in [1.29, 1.82) is 0 Å². The normalized spacial score (nSPS) is 18.6. The van der Waals surface area contributed by atoms with Crippen LogP contribution in [-0.4, -0.2) is 40.3 Å². The number of hydrogen-bond acceptors (Lipinski definition) is 3. The van der Waals surface area contributed by atoms with E-state index in [4.69, 9.17) is 5.14 Å². The second kappa shape index (κ2) is 9.36. The van der Waals surface area contributed by atoms with Gasteiger partial charge in [0, 0.05) is 30.2 Å². The largest absolute Gasteiger partial charge is 0.433 e. The highest BCUT2D eigenvalue weighted by Crippen LogP contribution is 2.51. The van der Waals surface area contributed by atoms with E-state index < -0.39 is 23.8 Å². The minimum absolute atomic E-state index is 0.00168. The second-order valence-corrected chi connectivity index (χ2v) is 10.1. The van der Waals surface area contributed by atoms with Gasteiger partial charge in [-0.25, -0.2) is 18.4 Å². The van der Waals surface area contributed by atoms with Gasteiger partial charge in [0.1, 0.15) is 5.75 Å². The third-order valence-corrected chi connectivity index (χ3v) is 7.13. The fraction of sp³-hybridized carbons (Fsp3) is 0.435. The molecule has 7 nitrogen and oxygen atoms in total. The molecule has 1 unspecified atom stereocenters. The summed E-state index contributed by atoms with van der Waals surface area (Å²) in [4.78, 5) is 15.3. The van der Waals surface area contributed by atoms with Crippen LogP contribution in [-0.2, 0) is 11.2 Å². The minimum atomic E-state index is -3.00. The van der Waals surface area contributed by atoms with Gasteiger partial charge in [-0.3, -0.25) is 4.90 Å². The van der Waals surface area contributed by atoms with Gasteiger partial charge < -0.3 is 10.1 Å². The summed E-state index contributed by atoms with van der Waals surface area (Å²) in [5.41, 5.74) is 1.98. The molecule has 4 rings (SSSR count). The maximum absolute atomic E-state index is 13.5. The van der Waals surface area contributed by atoms with Crippen molar-refractivity contribution in [3.8, 4) is 5.75 Å². The van der Waals surface area contributed by atoms with E-state index in [1.54, 1.807) is 21.3 Å². The Labute approximate surface area is 194 Å². The van der Waals surface area contributed by atoms with Gasteiger partial charge >= 0.3 is 12.6 Å². The van der Waals surface area contributed by atoms with E-state index in [0.29, 0.717) is 13.1 Å². The molecule has 2 aromatic carbocycles. The van der Waals surface area contributed by atoms with Crippen LogP contribution in [0, 0.1) is 5.41 Å². The first-order valence-corrected chi connectivity index (χ1v) is 12.0. The average Bonchev–Trinajstić information content (AvgIpc) is 2.69. The Hall–Kier alpha value is -2.56. The van der Waals surface area contributed by atoms with Gasteiger partial charge in [0.25, 0.3) is 0 Å². The predicted octanol–water partition coefficient (Wildman–Crippen LogP) is 4.45. The summed E-state index contributed by atoms with van der Waals surface area (Å²) < 4.78 is 43.5. The third-order valence-electron chi connectivity index (χ3n) is 6.36. The lowest BCUT2D eigenvalue weighted by Crippen LogP contribution is -2.68. The number of rotatable bonds is 7. The van der Waals surface area contributed by atoms with Crippen molar-refractivity contribution in [3.05, 3.63) is 54.1 Å². The Morgan fingerprint density at radius 2 is 1.82 bits per heavy atom. The Bertz CT molecular complexity index is 1040. The molecular formula is C23H28F2N4O3S. The molecule has 2 aliphatic rings. The van der Waals surface area contributed by atoms with Crippen molar-refractivity contribution in [2.75, 3.05) is 23.3 Å². The molecule has 1 spiro atoms. The zero-order valence-corrected chi connectivity index (χ0v) is 19.4. The number of carbonyl (C=O) groups excluding carboxylic acids is 1. The van der Waals surface area contributed by atoms with E-state index in [2.05, 4.69) is 23.9 Å². The van der Waals surface area contributed by atoms with Crippen LogP contribution in [0.4, 0.5) is 25.0 Å². The molecule has 1 saturated carbocycles. The SMILES string of the molecule is CC(C)c1ccccc1N(C(=O)Nc1ccccc1OC(F)F)C1CC2(C1)CN(S(N)=O)C2. The standard InChI is InChI=1S/C23H28F2N4O3S/c1-15(2)17-7-3-5-9-19(17)29(16-11-23(12-16)13-28(14-23)33(26)31)22(30)27-18-8-4-6-10-20(18)32-21(24)25/h3-10,15-16,21H,11-14,26H2,1-2H3,(H,27,30). The molecule has 1 saturated heterocycles. The van der Waals surface area contributed by atoms with Gasteiger partial charge in [0.15, 0.2) is 11.2 Å². The van der Waals surface area contributed by atoms with E-state index >= 15 is 0 Å². The maximum Gasteiger partial charge on any atom is 0.387 e. The molecule has 10 heteroatoms. The zero-order chi connectivity index (χ0) is 23.8. The Balaban J connectivity index is 1.60. The average molecular weight is 479 g/mol. The Kier molecular flexibility index (Phi) is 6.69. The molecule has 1 aliphatic heterocycles. The zero-order valence-electron chi connectivity index (χ0n) is 18.5. The van der Waals surface area contributed by atoms with Crippen molar-refractivity contribution in [1.82, 2.24) is 4.31 Å². The van der Waals surface area contributed by atoms with Crippen molar-refractivity contribution >= 4 is 28.6 Å². The number of nitrogens with zero attached hydrogens (tertiary/aromatic N) is 2. The van der Waals surface area contributed by atoms with E-state index in [0.717, 1.165) is 24.1 Å². The van der Waals surface area contributed by atoms with Crippen LogP contribution in [0.5, 0.6) is 5.75 Å². The number of amides is 2. The lowest BCUT2D eigenvalue weighted by Gasteiger charge is -2.59. The Morgan fingerprint density at radius 1 is 1.18 bits per heavy atom. The summed E-state index contributed by atoms with van der Waals surface area (Å²) in [6.45, 7) is 2.40. The number of alkyl halides is 2. The number of para-hydroxylation sites is 3. The van der Waals surface area contributed by atoms with Crippen LogP contribution in [0.3, 0.4) is 0 Å². The molecule has 178 valence electrons. The molecule has 2 fully saturated rings. The summed E-state index contributed by atoms with van der Waals surface area (Å²) in [7, 11) is 0. The van der Waals surface area contributed by atoms with Crippen molar-refractivity contribution in [2.24, 2.45) is 10.6 Å². The highest BCUT2D eigenvalue weighted by atomic mass is 32.2. The van der Waals surface area contributed by atoms with Gasteiger partial charge in [0.2, 0.25) is 0 Å². The molecule has 2 aromatic rings. The van der Waals surface area contributed by atoms with Crippen molar-refractivity contribution in [3.63, 3.8) is 0 Å². The van der Waals surface area contributed by atoms with Crippen LogP contribution in [0.25, 0.3) is 0 Å². The summed E-state index contributed by atoms with van der Waals surface area (Å²) in [5.74, 6) is 0.0851. The number of nitrogens with one attached hydrogen (secondary N) is 1. The molecule has 0 bridgehead atoms. The van der Waals surface area contributed by atoms with Crippen LogP contribution >= 0.6 is 0 Å². The summed E-state index contributed by atoms with van der Waals surface area (Å²) in [5, 5.41) is 8.25. The van der Waals surface area contributed by atoms with Crippen molar-refractivity contribution < 1.29 is 22.5 Å². The first-order chi connectivity index (χ1) is 15.7. The van der Waals surface area contributed by atoms with Crippen LogP contribution < -0.4 is 20.1 Å².